The predicted octanol–water partition coefficient (Wildman–Crippen LogP) is 3.18. The fourth-order valence-electron chi connectivity index (χ4n) is 1.32. The molecule has 0 fully saturated rings. The molecule has 0 aliphatic heterocycles. The van der Waals surface area contributed by atoms with Gasteiger partial charge in [-0.25, -0.2) is 0 Å². The third-order valence-corrected chi connectivity index (χ3v) is 2.09. The molecule has 0 saturated heterocycles. The minimum atomic E-state index is -4.84. The Hall–Kier alpha value is -1.27. The van der Waals surface area contributed by atoms with Crippen molar-refractivity contribution in [3.8, 4) is 0 Å². The number of aldehydes is 1. The monoisotopic (exact) mass is 244 g/mol. The van der Waals surface area contributed by atoms with Gasteiger partial charge >= 0.3 is 12.4 Å². The molecule has 0 bridgehead atoms. The molecule has 16 heavy (non-hydrogen) atoms. The normalized spacial score (nSPS) is 22.5. The summed E-state index contributed by atoms with van der Waals surface area (Å²) in [6, 6.07) is 0. The molecule has 1 aliphatic rings. The molecule has 1 nitrogen and oxygen atoms in total. The fraction of sp³-hybridized carbons (Fsp3) is 0.444. The van der Waals surface area contributed by atoms with Gasteiger partial charge in [0.15, 0.2) is 0 Å². The van der Waals surface area contributed by atoms with E-state index in [1.165, 1.54) is 0 Å². The van der Waals surface area contributed by atoms with Crippen LogP contribution in [-0.4, -0.2) is 18.6 Å². The van der Waals surface area contributed by atoms with Gasteiger partial charge in [0.2, 0.25) is 0 Å². The van der Waals surface area contributed by atoms with Crippen LogP contribution in [0.4, 0.5) is 26.3 Å². The summed E-state index contributed by atoms with van der Waals surface area (Å²) in [4.78, 5) is 10.3. The Morgan fingerprint density at radius 1 is 1.19 bits per heavy atom. The Bertz CT molecular complexity index is 346. The second-order valence-electron chi connectivity index (χ2n) is 3.30. The molecule has 0 heterocycles. The van der Waals surface area contributed by atoms with Crippen molar-refractivity contribution >= 4 is 6.29 Å². The Morgan fingerprint density at radius 3 is 2.12 bits per heavy atom. The number of halogens is 6. The van der Waals surface area contributed by atoms with Crippen molar-refractivity contribution in [2.45, 2.75) is 18.8 Å². The third kappa shape index (κ3) is 2.86. The summed E-state index contributed by atoms with van der Waals surface area (Å²) in [7, 11) is 0. The van der Waals surface area contributed by atoms with E-state index >= 15 is 0 Å². The number of hydrogen-bond donors (Lipinski definition) is 0. The fourth-order valence-corrected chi connectivity index (χ4v) is 1.32. The summed E-state index contributed by atoms with van der Waals surface area (Å²) in [6.45, 7) is 0. The highest BCUT2D eigenvalue weighted by Gasteiger charge is 2.45. The van der Waals surface area contributed by atoms with Crippen molar-refractivity contribution in [1.82, 2.24) is 0 Å². The van der Waals surface area contributed by atoms with Crippen molar-refractivity contribution in [3.63, 3.8) is 0 Å². The van der Waals surface area contributed by atoms with Gasteiger partial charge in [-0.15, -0.1) is 0 Å². The molecule has 1 aliphatic carbocycles. The summed E-state index contributed by atoms with van der Waals surface area (Å²) in [5.74, 6) is -2.26. The van der Waals surface area contributed by atoms with E-state index in [0.29, 0.717) is 12.2 Å². The Kier molecular flexibility index (Phi) is 3.16. The predicted molar refractivity (Wildman–Crippen MR) is 42.4 cm³/mol. The molecule has 0 N–H and O–H groups in total. The van der Waals surface area contributed by atoms with Crippen LogP contribution in [0.3, 0.4) is 0 Å². The Balaban J connectivity index is 3.06. The number of carbonyl (C=O) groups excluding carboxylic acids is 1. The maximum atomic E-state index is 12.3. The van der Waals surface area contributed by atoms with E-state index in [2.05, 4.69) is 0 Å². The van der Waals surface area contributed by atoms with Crippen molar-refractivity contribution in [1.29, 1.82) is 0 Å². The molecule has 0 aromatic carbocycles. The Morgan fingerprint density at radius 2 is 1.75 bits per heavy atom. The summed E-state index contributed by atoms with van der Waals surface area (Å²) < 4.78 is 73.5. The van der Waals surface area contributed by atoms with E-state index < -0.39 is 35.8 Å². The van der Waals surface area contributed by atoms with Crippen molar-refractivity contribution < 1.29 is 31.1 Å². The van der Waals surface area contributed by atoms with Gasteiger partial charge in [-0.2, -0.15) is 26.3 Å². The smallest absolute Gasteiger partial charge is 0.298 e. The first-order valence-corrected chi connectivity index (χ1v) is 4.16. The molecule has 0 aromatic rings. The lowest BCUT2D eigenvalue weighted by Gasteiger charge is -2.23. The Labute approximate surface area is 86.4 Å². The van der Waals surface area contributed by atoms with E-state index in [-0.39, 0.29) is 6.29 Å². The lowest BCUT2D eigenvalue weighted by molar-refractivity contribution is -0.165. The van der Waals surface area contributed by atoms with Gasteiger partial charge in [-0.3, -0.25) is 4.79 Å². The van der Waals surface area contributed by atoms with Gasteiger partial charge in [-0.05, 0) is 12.5 Å². The summed E-state index contributed by atoms with van der Waals surface area (Å²) >= 11 is 0. The number of allylic oxidation sites excluding steroid dienone is 4. The van der Waals surface area contributed by atoms with Gasteiger partial charge in [0.05, 0.1) is 5.92 Å². The minimum Gasteiger partial charge on any atom is -0.298 e. The average Bonchev–Trinajstić information content (AvgIpc) is 2.14. The van der Waals surface area contributed by atoms with Crippen LogP contribution in [0.2, 0.25) is 0 Å². The topological polar surface area (TPSA) is 17.1 Å². The second kappa shape index (κ2) is 3.95. The van der Waals surface area contributed by atoms with Gasteiger partial charge < -0.3 is 0 Å². The molecule has 1 rings (SSSR count). The van der Waals surface area contributed by atoms with E-state index in [1.807, 2.05) is 0 Å². The highest BCUT2D eigenvalue weighted by molar-refractivity contribution is 5.78. The number of alkyl halides is 6. The molecular formula is C9H6F6O. The first-order chi connectivity index (χ1) is 7.14. The molecule has 7 heteroatoms. The van der Waals surface area contributed by atoms with Gasteiger partial charge in [0.25, 0.3) is 0 Å². The zero-order valence-corrected chi connectivity index (χ0v) is 7.69. The van der Waals surface area contributed by atoms with Gasteiger partial charge in [-0.1, -0.05) is 6.08 Å². The first-order valence-electron chi connectivity index (χ1n) is 4.16. The zero-order valence-electron chi connectivity index (χ0n) is 7.69. The molecule has 1 unspecified atom stereocenters. The third-order valence-electron chi connectivity index (χ3n) is 2.09. The largest absolute Gasteiger partial charge is 0.412 e. The van der Waals surface area contributed by atoms with Crippen molar-refractivity contribution in [2.24, 2.45) is 5.92 Å². The van der Waals surface area contributed by atoms with Crippen LogP contribution in [0.15, 0.2) is 23.3 Å². The van der Waals surface area contributed by atoms with Crippen LogP contribution >= 0.6 is 0 Å². The second-order valence-corrected chi connectivity index (χ2v) is 3.30. The first kappa shape index (κ1) is 12.8. The lowest BCUT2D eigenvalue weighted by Crippen LogP contribution is -2.27. The SMILES string of the molecule is O=CC1=CC(C(F)(F)F)CC(C(F)(F)F)=C1. The number of rotatable bonds is 1. The molecule has 1 atom stereocenters. The van der Waals surface area contributed by atoms with E-state index in [0.717, 1.165) is 0 Å². The van der Waals surface area contributed by atoms with Gasteiger partial charge in [0.1, 0.15) is 6.29 Å². The summed E-state index contributed by atoms with van der Waals surface area (Å²) in [5, 5.41) is 0. The van der Waals surface area contributed by atoms with Crippen LogP contribution in [0.5, 0.6) is 0 Å². The van der Waals surface area contributed by atoms with E-state index in [9.17, 15) is 31.1 Å². The molecule has 0 radical (unpaired) electrons. The quantitative estimate of drug-likeness (QED) is 0.511. The molecule has 0 saturated carbocycles. The highest BCUT2D eigenvalue weighted by Crippen LogP contribution is 2.41. The zero-order chi connectivity index (χ0) is 12.6. The molecule has 0 aromatic heterocycles. The van der Waals surface area contributed by atoms with Crippen molar-refractivity contribution in [2.75, 3.05) is 0 Å². The highest BCUT2D eigenvalue weighted by atomic mass is 19.4. The van der Waals surface area contributed by atoms with Crippen LogP contribution < -0.4 is 0 Å². The number of hydrogen-bond acceptors (Lipinski definition) is 1. The summed E-state index contributed by atoms with van der Waals surface area (Å²) in [5.41, 5.74) is -1.93. The standard InChI is InChI=1S/C9H6F6O/c10-8(11,12)6-1-5(4-16)2-7(3-6)9(13,14)15/h1-2,4,6H,3H2. The van der Waals surface area contributed by atoms with Gasteiger partial charge in [0, 0.05) is 11.1 Å². The maximum Gasteiger partial charge on any atom is 0.412 e. The van der Waals surface area contributed by atoms with Crippen molar-refractivity contribution in [3.05, 3.63) is 23.3 Å². The molecule has 0 spiro atoms. The molecule has 0 amide bonds. The molecule has 90 valence electrons. The van der Waals surface area contributed by atoms with E-state index in [1.54, 1.807) is 0 Å². The van der Waals surface area contributed by atoms with Crippen LogP contribution in [0, 0.1) is 5.92 Å². The van der Waals surface area contributed by atoms with Crippen LogP contribution in [0.25, 0.3) is 0 Å². The van der Waals surface area contributed by atoms with Crippen LogP contribution in [-0.2, 0) is 4.79 Å². The lowest BCUT2D eigenvalue weighted by atomic mass is 9.90. The van der Waals surface area contributed by atoms with E-state index in [4.69, 9.17) is 0 Å². The average molecular weight is 244 g/mol. The number of carbonyl (C=O) groups is 1. The summed E-state index contributed by atoms with van der Waals surface area (Å²) in [6.07, 6.45) is -9.88. The molecular weight excluding hydrogens is 238 g/mol. The minimum absolute atomic E-state index is 0.0242. The van der Waals surface area contributed by atoms with Crippen LogP contribution in [0.1, 0.15) is 6.42 Å². The maximum absolute atomic E-state index is 12.3.